The second-order valence-electron chi connectivity index (χ2n) is 5.64. The van der Waals surface area contributed by atoms with Gasteiger partial charge in [-0.2, -0.15) is 5.10 Å². The molecule has 1 unspecified atom stereocenters. The van der Waals surface area contributed by atoms with E-state index in [0.29, 0.717) is 12.1 Å². The van der Waals surface area contributed by atoms with Crippen molar-refractivity contribution in [3.8, 4) is 0 Å². The Morgan fingerprint density at radius 2 is 2.17 bits per heavy atom. The summed E-state index contributed by atoms with van der Waals surface area (Å²) in [6.07, 6.45) is 13.4. The highest BCUT2D eigenvalue weighted by Crippen LogP contribution is 2.27. The van der Waals surface area contributed by atoms with Crippen molar-refractivity contribution in [3.63, 3.8) is 0 Å². The van der Waals surface area contributed by atoms with Crippen LogP contribution in [-0.2, 0) is 6.42 Å². The molecule has 0 spiro atoms. The first-order valence-electron chi connectivity index (χ1n) is 7.59. The summed E-state index contributed by atoms with van der Waals surface area (Å²) >= 11 is 0. The predicted octanol–water partition coefficient (Wildman–Crippen LogP) is 3.45. The van der Waals surface area contributed by atoms with Gasteiger partial charge in [0.25, 0.3) is 0 Å². The first kappa shape index (κ1) is 13.6. The van der Waals surface area contributed by atoms with E-state index in [0.717, 1.165) is 25.7 Å². The summed E-state index contributed by atoms with van der Waals surface area (Å²) in [6, 6.07) is 3.21. The number of hydrogen-bond donors (Lipinski definition) is 1. The number of aryl methyl sites for hydroxylation is 1. The molecule has 0 aromatic carbocycles. The molecule has 1 aliphatic carbocycles. The second-order valence-corrected chi connectivity index (χ2v) is 5.64. The predicted molar refractivity (Wildman–Crippen MR) is 75.6 cm³/mol. The molecule has 1 aliphatic rings. The zero-order valence-corrected chi connectivity index (χ0v) is 11.6. The minimum Gasteiger partial charge on any atom is -0.328 e. The van der Waals surface area contributed by atoms with E-state index in [9.17, 15) is 0 Å². The maximum absolute atomic E-state index is 5.93. The molecule has 1 atom stereocenters. The van der Waals surface area contributed by atoms with Gasteiger partial charge in [-0.05, 0) is 44.6 Å². The maximum Gasteiger partial charge on any atom is 0.0624 e. The monoisotopic (exact) mass is 249 g/mol. The van der Waals surface area contributed by atoms with Crippen LogP contribution in [0.5, 0.6) is 0 Å². The Hall–Kier alpha value is -0.830. The van der Waals surface area contributed by atoms with E-state index in [1.807, 2.05) is 0 Å². The second kappa shape index (κ2) is 6.93. The molecule has 2 N–H and O–H groups in total. The zero-order valence-electron chi connectivity index (χ0n) is 11.6. The average molecular weight is 249 g/mol. The van der Waals surface area contributed by atoms with E-state index in [1.54, 1.807) is 0 Å². The quantitative estimate of drug-likeness (QED) is 0.839. The zero-order chi connectivity index (χ0) is 12.8. The molecule has 3 heteroatoms. The lowest BCUT2D eigenvalue weighted by atomic mass is 9.96. The number of nitrogens with two attached hydrogens (primary N) is 1. The van der Waals surface area contributed by atoms with E-state index >= 15 is 0 Å². The third-order valence-electron chi connectivity index (χ3n) is 4.14. The van der Waals surface area contributed by atoms with Crippen molar-refractivity contribution in [3.05, 3.63) is 18.0 Å². The Morgan fingerprint density at radius 3 is 2.89 bits per heavy atom. The SMILES string of the molecule is CCC(N)CCCc1ccn(C2CCCCC2)n1. The Labute approximate surface area is 111 Å². The van der Waals surface area contributed by atoms with E-state index in [2.05, 4.69) is 23.9 Å². The summed E-state index contributed by atoms with van der Waals surface area (Å²) in [6.45, 7) is 2.16. The van der Waals surface area contributed by atoms with E-state index < -0.39 is 0 Å². The Morgan fingerprint density at radius 1 is 1.39 bits per heavy atom. The fraction of sp³-hybridized carbons (Fsp3) is 0.800. The molecule has 0 aliphatic heterocycles. The lowest BCUT2D eigenvalue weighted by Gasteiger charge is -2.21. The minimum atomic E-state index is 0.366. The number of nitrogens with zero attached hydrogens (tertiary/aromatic N) is 2. The summed E-state index contributed by atoms with van der Waals surface area (Å²) in [5.74, 6) is 0. The van der Waals surface area contributed by atoms with Crippen LogP contribution in [0.2, 0.25) is 0 Å². The maximum atomic E-state index is 5.93. The van der Waals surface area contributed by atoms with Crippen LogP contribution in [0.25, 0.3) is 0 Å². The van der Waals surface area contributed by atoms with Gasteiger partial charge < -0.3 is 5.73 Å². The fourth-order valence-electron chi connectivity index (χ4n) is 2.81. The van der Waals surface area contributed by atoms with Crippen LogP contribution in [0, 0.1) is 0 Å². The van der Waals surface area contributed by atoms with Crippen molar-refractivity contribution in [2.24, 2.45) is 5.73 Å². The summed E-state index contributed by atoms with van der Waals surface area (Å²) in [4.78, 5) is 0. The van der Waals surface area contributed by atoms with Gasteiger partial charge in [-0.25, -0.2) is 0 Å². The summed E-state index contributed by atoms with van der Waals surface area (Å²) in [5, 5.41) is 4.73. The van der Waals surface area contributed by atoms with E-state index in [1.165, 1.54) is 37.8 Å². The van der Waals surface area contributed by atoms with Gasteiger partial charge in [0.15, 0.2) is 0 Å². The van der Waals surface area contributed by atoms with Crippen molar-refractivity contribution >= 4 is 0 Å². The highest BCUT2D eigenvalue weighted by molar-refractivity contribution is 5.00. The van der Waals surface area contributed by atoms with Crippen LogP contribution >= 0.6 is 0 Å². The summed E-state index contributed by atoms with van der Waals surface area (Å²) in [5.41, 5.74) is 7.17. The molecule has 1 heterocycles. The highest BCUT2D eigenvalue weighted by atomic mass is 15.3. The van der Waals surface area contributed by atoms with Crippen LogP contribution in [0.4, 0.5) is 0 Å². The fourth-order valence-corrected chi connectivity index (χ4v) is 2.81. The van der Waals surface area contributed by atoms with Crippen LogP contribution in [0.1, 0.15) is 70.0 Å². The van der Waals surface area contributed by atoms with Crippen LogP contribution in [0.15, 0.2) is 12.3 Å². The minimum absolute atomic E-state index is 0.366. The molecule has 2 rings (SSSR count). The van der Waals surface area contributed by atoms with Crippen LogP contribution in [0.3, 0.4) is 0 Å². The Balaban J connectivity index is 1.78. The van der Waals surface area contributed by atoms with Gasteiger partial charge in [-0.15, -0.1) is 0 Å². The average Bonchev–Trinajstić information content (AvgIpc) is 2.88. The lowest BCUT2D eigenvalue weighted by molar-refractivity contribution is 0.328. The molecule has 0 amide bonds. The molecule has 1 fully saturated rings. The molecular weight excluding hydrogens is 222 g/mol. The molecule has 0 bridgehead atoms. The molecule has 1 aromatic heterocycles. The third-order valence-corrected chi connectivity index (χ3v) is 4.14. The highest BCUT2D eigenvalue weighted by Gasteiger charge is 2.15. The van der Waals surface area contributed by atoms with Crippen molar-refractivity contribution in [2.75, 3.05) is 0 Å². The summed E-state index contributed by atoms with van der Waals surface area (Å²) in [7, 11) is 0. The van der Waals surface area contributed by atoms with Gasteiger partial charge in [0.2, 0.25) is 0 Å². The van der Waals surface area contributed by atoms with Crippen molar-refractivity contribution in [2.45, 2.75) is 76.8 Å². The molecular formula is C15H27N3. The van der Waals surface area contributed by atoms with Crippen molar-refractivity contribution in [1.29, 1.82) is 0 Å². The van der Waals surface area contributed by atoms with E-state index in [-0.39, 0.29) is 0 Å². The molecule has 0 radical (unpaired) electrons. The van der Waals surface area contributed by atoms with Gasteiger partial charge in [0, 0.05) is 12.2 Å². The Bertz CT molecular complexity index is 339. The first-order chi connectivity index (χ1) is 8.79. The van der Waals surface area contributed by atoms with Gasteiger partial charge in [0.1, 0.15) is 0 Å². The summed E-state index contributed by atoms with van der Waals surface area (Å²) < 4.78 is 2.20. The third kappa shape index (κ3) is 3.84. The number of rotatable bonds is 6. The Kier molecular flexibility index (Phi) is 5.24. The van der Waals surface area contributed by atoms with Gasteiger partial charge in [0.05, 0.1) is 11.7 Å². The molecule has 102 valence electrons. The van der Waals surface area contributed by atoms with Crippen LogP contribution < -0.4 is 5.73 Å². The molecule has 3 nitrogen and oxygen atoms in total. The molecule has 1 saturated carbocycles. The van der Waals surface area contributed by atoms with Crippen molar-refractivity contribution in [1.82, 2.24) is 9.78 Å². The molecule has 18 heavy (non-hydrogen) atoms. The largest absolute Gasteiger partial charge is 0.328 e. The number of hydrogen-bond acceptors (Lipinski definition) is 2. The first-order valence-corrected chi connectivity index (χ1v) is 7.59. The van der Waals surface area contributed by atoms with E-state index in [4.69, 9.17) is 10.8 Å². The lowest BCUT2D eigenvalue weighted by Crippen LogP contribution is -2.18. The van der Waals surface area contributed by atoms with Crippen molar-refractivity contribution < 1.29 is 0 Å². The standard InChI is InChI=1S/C15H27N3/c1-2-13(16)7-6-8-14-11-12-18(17-14)15-9-4-3-5-10-15/h11-13,15H,2-10,16H2,1H3. The topological polar surface area (TPSA) is 43.8 Å². The smallest absolute Gasteiger partial charge is 0.0624 e. The van der Waals surface area contributed by atoms with Crippen LogP contribution in [-0.4, -0.2) is 15.8 Å². The molecule has 1 aromatic rings. The van der Waals surface area contributed by atoms with Gasteiger partial charge in [-0.1, -0.05) is 26.2 Å². The van der Waals surface area contributed by atoms with Gasteiger partial charge >= 0.3 is 0 Å². The molecule has 0 saturated heterocycles. The van der Waals surface area contributed by atoms with Gasteiger partial charge in [-0.3, -0.25) is 4.68 Å². The number of aromatic nitrogens is 2. The normalized spacial score (nSPS) is 19.0.